The number of nitrogens with zero attached hydrogens (tertiary/aromatic N) is 3. The number of carbonyl (C=O) groups excluding carboxylic acids is 1. The number of ketones is 1. The van der Waals surface area contributed by atoms with E-state index in [1.54, 1.807) is 11.3 Å². The fourth-order valence-electron chi connectivity index (χ4n) is 3.09. The molecule has 0 amide bonds. The van der Waals surface area contributed by atoms with Crippen LogP contribution in [0.4, 0.5) is 5.13 Å². The summed E-state index contributed by atoms with van der Waals surface area (Å²) in [7, 11) is 0. The lowest BCUT2D eigenvalue weighted by Gasteiger charge is -2.34. The Kier molecular flexibility index (Phi) is 2.75. The molecule has 5 nitrogen and oxygen atoms in total. The maximum atomic E-state index is 12.4. The van der Waals surface area contributed by atoms with Crippen LogP contribution in [0, 0.1) is 6.92 Å². The SMILES string of the molecule is Cc1nnc(N2CCC3(CC(=O)c4ccccc4O3)C2)s1. The second-order valence-electron chi connectivity index (χ2n) is 5.66. The fourth-order valence-corrected chi connectivity index (χ4v) is 3.81. The number of ether oxygens (including phenoxy) is 1. The highest BCUT2D eigenvalue weighted by Gasteiger charge is 2.46. The molecule has 0 bridgehead atoms. The third-order valence-corrected chi connectivity index (χ3v) is 5.00. The molecule has 1 fully saturated rings. The van der Waals surface area contributed by atoms with Crippen LogP contribution in [0.25, 0.3) is 0 Å². The number of para-hydroxylation sites is 1. The van der Waals surface area contributed by atoms with E-state index in [2.05, 4.69) is 15.1 Å². The van der Waals surface area contributed by atoms with Gasteiger partial charge in [0.2, 0.25) is 5.13 Å². The average Bonchev–Trinajstić information content (AvgIpc) is 3.06. The van der Waals surface area contributed by atoms with Gasteiger partial charge < -0.3 is 9.64 Å². The normalized spacial score (nSPS) is 24.2. The van der Waals surface area contributed by atoms with Crippen LogP contribution in [-0.2, 0) is 0 Å². The van der Waals surface area contributed by atoms with Crippen molar-refractivity contribution in [3.63, 3.8) is 0 Å². The van der Waals surface area contributed by atoms with Crippen LogP contribution in [0.1, 0.15) is 28.2 Å². The summed E-state index contributed by atoms with van der Waals surface area (Å²) >= 11 is 1.58. The van der Waals surface area contributed by atoms with Gasteiger partial charge in [0.25, 0.3) is 0 Å². The first kappa shape index (κ1) is 12.8. The first-order valence-electron chi connectivity index (χ1n) is 7.02. The predicted molar refractivity (Wildman–Crippen MR) is 80.2 cm³/mol. The molecule has 2 aromatic rings. The molecule has 0 saturated carbocycles. The minimum Gasteiger partial charge on any atom is -0.484 e. The number of rotatable bonds is 1. The van der Waals surface area contributed by atoms with Gasteiger partial charge in [0.15, 0.2) is 5.78 Å². The molecule has 0 N–H and O–H groups in total. The van der Waals surface area contributed by atoms with Crippen molar-refractivity contribution >= 4 is 22.3 Å². The number of carbonyl (C=O) groups is 1. The van der Waals surface area contributed by atoms with E-state index in [0.29, 0.717) is 24.3 Å². The number of Topliss-reactive ketones (excluding diaryl/α,β-unsaturated/α-hetero) is 1. The average molecular weight is 301 g/mol. The van der Waals surface area contributed by atoms with Crippen LogP contribution < -0.4 is 9.64 Å². The van der Waals surface area contributed by atoms with Crippen LogP contribution >= 0.6 is 11.3 Å². The molecular weight excluding hydrogens is 286 g/mol. The molecule has 2 aliphatic heterocycles. The Morgan fingerprint density at radius 1 is 1.33 bits per heavy atom. The summed E-state index contributed by atoms with van der Waals surface area (Å²) in [5, 5.41) is 10.1. The van der Waals surface area contributed by atoms with Crippen LogP contribution in [0.3, 0.4) is 0 Å². The number of aromatic nitrogens is 2. The van der Waals surface area contributed by atoms with Crippen molar-refractivity contribution in [2.24, 2.45) is 0 Å². The summed E-state index contributed by atoms with van der Waals surface area (Å²) in [4.78, 5) is 14.5. The van der Waals surface area contributed by atoms with Gasteiger partial charge in [0, 0.05) is 13.0 Å². The molecule has 4 rings (SSSR count). The number of aryl methyl sites for hydroxylation is 1. The number of hydrogen-bond acceptors (Lipinski definition) is 6. The molecule has 1 aromatic heterocycles. The molecule has 2 aliphatic rings. The van der Waals surface area contributed by atoms with Gasteiger partial charge in [-0.15, -0.1) is 10.2 Å². The Morgan fingerprint density at radius 3 is 3.00 bits per heavy atom. The summed E-state index contributed by atoms with van der Waals surface area (Å²) in [6, 6.07) is 7.51. The summed E-state index contributed by atoms with van der Waals surface area (Å²) in [6.07, 6.45) is 1.28. The predicted octanol–water partition coefficient (Wildman–Crippen LogP) is 2.46. The molecule has 1 unspecified atom stereocenters. The molecule has 0 aliphatic carbocycles. The van der Waals surface area contributed by atoms with E-state index in [0.717, 1.165) is 23.1 Å². The Balaban J connectivity index is 1.61. The van der Waals surface area contributed by atoms with E-state index in [-0.39, 0.29) is 5.78 Å². The van der Waals surface area contributed by atoms with Crippen molar-refractivity contribution in [1.82, 2.24) is 10.2 Å². The number of hydrogen-bond donors (Lipinski definition) is 0. The van der Waals surface area contributed by atoms with Gasteiger partial charge in [-0.25, -0.2) is 0 Å². The van der Waals surface area contributed by atoms with Crippen LogP contribution in [0.15, 0.2) is 24.3 Å². The van der Waals surface area contributed by atoms with E-state index >= 15 is 0 Å². The minimum absolute atomic E-state index is 0.173. The van der Waals surface area contributed by atoms with Crippen LogP contribution in [-0.4, -0.2) is 34.7 Å². The monoisotopic (exact) mass is 301 g/mol. The lowest BCUT2D eigenvalue weighted by atomic mass is 9.89. The number of benzene rings is 1. The van der Waals surface area contributed by atoms with E-state index < -0.39 is 5.60 Å². The van der Waals surface area contributed by atoms with Crippen molar-refractivity contribution in [2.45, 2.75) is 25.4 Å². The maximum Gasteiger partial charge on any atom is 0.208 e. The lowest BCUT2D eigenvalue weighted by molar-refractivity contribution is 0.0538. The standard InChI is InChI=1S/C15H15N3O2S/c1-10-16-17-14(21-10)18-7-6-15(9-18)8-12(19)11-4-2-3-5-13(11)20-15/h2-5H,6-9H2,1H3. The Hall–Kier alpha value is -1.95. The van der Waals surface area contributed by atoms with Gasteiger partial charge in [-0.2, -0.15) is 0 Å². The quantitative estimate of drug-likeness (QED) is 0.810. The Morgan fingerprint density at radius 2 is 2.19 bits per heavy atom. The molecule has 6 heteroatoms. The number of fused-ring (bicyclic) bond motifs is 1. The van der Waals surface area contributed by atoms with Crippen molar-refractivity contribution in [2.75, 3.05) is 18.0 Å². The zero-order valence-electron chi connectivity index (χ0n) is 11.7. The minimum atomic E-state index is -0.412. The van der Waals surface area contributed by atoms with E-state index in [9.17, 15) is 4.79 Å². The fraction of sp³-hybridized carbons (Fsp3) is 0.400. The molecular formula is C15H15N3O2S. The third kappa shape index (κ3) is 2.10. The lowest BCUT2D eigenvalue weighted by Crippen LogP contribution is -2.44. The van der Waals surface area contributed by atoms with E-state index in [1.807, 2.05) is 31.2 Å². The highest BCUT2D eigenvalue weighted by Crippen LogP contribution is 2.40. The van der Waals surface area contributed by atoms with Gasteiger partial charge in [-0.1, -0.05) is 23.5 Å². The van der Waals surface area contributed by atoms with Crippen molar-refractivity contribution < 1.29 is 9.53 Å². The van der Waals surface area contributed by atoms with Gasteiger partial charge in [-0.3, -0.25) is 4.79 Å². The van der Waals surface area contributed by atoms with Crippen LogP contribution in [0.2, 0.25) is 0 Å². The van der Waals surface area contributed by atoms with Crippen molar-refractivity contribution in [3.8, 4) is 5.75 Å². The van der Waals surface area contributed by atoms with Gasteiger partial charge >= 0.3 is 0 Å². The molecule has 1 spiro atoms. The first-order valence-corrected chi connectivity index (χ1v) is 7.83. The molecule has 3 heterocycles. The van der Waals surface area contributed by atoms with Gasteiger partial charge in [-0.05, 0) is 19.1 Å². The van der Waals surface area contributed by atoms with Gasteiger partial charge in [0.1, 0.15) is 16.4 Å². The molecule has 0 radical (unpaired) electrons. The topological polar surface area (TPSA) is 55.3 Å². The largest absolute Gasteiger partial charge is 0.484 e. The number of anilines is 1. The Labute approximate surface area is 126 Å². The molecule has 1 atom stereocenters. The summed E-state index contributed by atoms with van der Waals surface area (Å²) in [6.45, 7) is 3.50. The van der Waals surface area contributed by atoms with Crippen LogP contribution in [0.5, 0.6) is 5.75 Å². The highest BCUT2D eigenvalue weighted by molar-refractivity contribution is 7.15. The summed E-state index contributed by atoms with van der Waals surface area (Å²) in [5.74, 6) is 0.885. The van der Waals surface area contributed by atoms with Crippen molar-refractivity contribution in [1.29, 1.82) is 0 Å². The second-order valence-corrected chi connectivity index (χ2v) is 6.82. The highest BCUT2D eigenvalue weighted by atomic mass is 32.1. The third-order valence-electron chi connectivity index (χ3n) is 4.10. The van der Waals surface area contributed by atoms with E-state index in [1.165, 1.54) is 0 Å². The first-order chi connectivity index (χ1) is 10.2. The smallest absolute Gasteiger partial charge is 0.208 e. The molecule has 1 saturated heterocycles. The summed E-state index contributed by atoms with van der Waals surface area (Å²) in [5.41, 5.74) is 0.290. The second kappa shape index (κ2) is 4.53. The zero-order valence-corrected chi connectivity index (χ0v) is 12.5. The summed E-state index contributed by atoms with van der Waals surface area (Å²) < 4.78 is 6.20. The zero-order chi connectivity index (χ0) is 14.4. The van der Waals surface area contributed by atoms with Gasteiger partial charge in [0.05, 0.1) is 18.5 Å². The van der Waals surface area contributed by atoms with Crippen molar-refractivity contribution in [3.05, 3.63) is 34.8 Å². The molecule has 108 valence electrons. The molecule has 21 heavy (non-hydrogen) atoms. The molecule has 1 aromatic carbocycles. The maximum absolute atomic E-state index is 12.4. The van der Waals surface area contributed by atoms with E-state index in [4.69, 9.17) is 4.74 Å². The Bertz CT molecular complexity index is 714.